The Bertz CT molecular complexity index is 2190. The molecule has 2 fully saturated rings. The molecule has 10 amide bonds. The maximum atomic E-state index is 14.5. The van der Waals surface area contributed by atoms with Crippen LogP contribution in [-0.4, -0.2) is 143 Å². The molecule has 2 heterocycles. The van der Waals surface area contributed by atoms with Crippen LogP contribution >= 0.6 is 21.6 Å². The number of unbranched alkanes of at least 4 members (excludes halogenated alkanes) is 1. The summed E-state index contributed by atoms with van der Waals surface area (Å²) in [7, 11) is 2.29. The van der Waals surface area contributed by atoms with E-state index >= 15 is 0 Å². The van der Waals surface area contributed by atoms with Gasteiger partial charge >= 0.3 is 0 Å². The predicted octanol–water partition coefficient (Wildman–Crippen LogP) is -1.49. The third-order valence-electron chi connectivity index (χ3n) is 11.5. The van der Waals surface area contributed by atoms with Crippen LogP contribution in [0.3, 0.4) is 0 Å². The molecule has 24 heteroatoms. The van der Waals surface area contributed by atoms with Gasteiger partial charge in [-0.3, -0.25) is 47.9 Å². The van der Waals surface area contributed by atoms with Crippen LogP contribution in [0.4, 0.5) is 0 Å². The Morgan fingerprint density at radius 1 is 0.761 bits per heavy atom. The number of primary amides is 2. The van der Waals surface area contributed by atoms with Crippen molar-refractivity contribution in [3.05, 3.63) is 65.7 Å². The van der Waals surface area contributed by atoms with Gasteiger partial charge in [-0.2, -0.15) is 0 Å². The van der Waals surface area contributed by atoms with E-state index in [2.05, 4.69) is 37.2 Å². The molecule has 2 aliphatic rings. The molecule has 71 heavy (non-hydrogen) atoms. The molecule has 2 aromatic rings. The molecule has 0 radical (unpaired) electrons. The van der Waals surface area contributed by atoms with Gasteiger partial charge in [0, 0.05) is 37.3 Å². The number of nitrogens with zero attached hydrogens (tertiary/aromatic N) is 1. The smallest absolute Gasteiger partial charge is 0.246 e. The first-order chi connectivity index (χ1) is 33.8. The molecule has 0 spiro atoms. The normalized spacial score (nSPS) is 22.4. The first-order valence-corrected chi connectivity index (χ1v) is 26.1. The number of rotatable bonds is 18. The first kappa shape index (κ1) is 57.2. The van der Waals surface area contributed by atoms with E-state index in [1.807, 2.05) is 0 Å². The SMILES string of the molecule is CC(C)C[C@@H]1NC(=O)[C@H](Cc2ccccc2)NC(=O)C(Cc2ccc(O)cc2)NC(=O)CCSSCC(C(=O)N2CCC[C@H]2C(=O)N[C@@H](CCCCN)C(=O)NCC(N)=O)NC(=O)C(CC(N)=O)NC1=O. The highest BCUT2D eigenvalue weighted by atomic mass is 33.1. The maximum absolute atomic E-state index is 14.5. The largest absolute Gasteiger partial charge is 0.508 e. The van der Waals surface area contributed by atoms with E-state index in [4.69, 9.17) is 17.2 Å². The van der Waals surface area contributed by atoms with Crippen LogP contribution in [0.15, 0.2) is 54.6 Å². The van der Waals surface area contributed by atoms with Gasteiger partial charge in [0.05, 0.1) is 13.0 Å². The third-order valence-corrected chi connectivity index (χ3v) is 13.9. The summed E-state index contributed by atoms with van der Waals surface area (Å²) in [6, 6.07) is 5.88. The van der Waals surface area contributed by atoms with E-state index in [9.17, 15) is 53.1 Å². The molecule has 2 saturated heterocycles. The molecule has 2 aliphatic heterocycles. The Labute approximate surface area is 420 Å². The number of benzene rings is 2. The summed E-state index contributed by atoms with van der Waals surface area (Å²) in [5.74, 6) is -7.77. The number of nitrogens with one attached hydrogen (secondary N) is 7. The van der Waals surface area contributed by atoms with Crippen molar-refractivity contribution >= 4 is 80.7 Å². The van der Waals surface area contributed by atoms with Crippen molar-refractivity contribution in [2.24, 2.45) is 23.1 Å². The van der Waals surface area contributed by atoms with E-state index in [0.717, 1.165) is 10.8 Å². The fraction of sp³-hybridized carbons (Fsp3) is 0.532. The summed E-state index contributed by atoms with van der Waals surface area (Å²) < 4.78 is 0. The van der Waals surface area contributed by atoms with Crippen molar-refractivity contribution < 1.29 is 53.1 Å². The van der Waals surface area contributed by atoms with Gasteiger partial charge in [0.25, 0.3) is 0 Å². The van der Waals surface area contributed by atoms with E-state index in [0.29, 0.717) is 36.9 Å². The number of phenolic OH excluding ortho intramolecular Hbond substituents is 1. The van der Waals surface area contributed by atoms with Crippen LogP contribution in [0.5, 0.6) is 5.75 Å². The lowest BCUT2D eigenvalue weighted by molar-refractivity contribution is -0.142. The summed E-state index contributed by atoms with van der Waals surface area (Å²) in [5, 5.41) is 28.4. The van der Waals surface area contributed by atoms with Gasteiger partial charge in [-0.1, -0.05) is 77.9 Å². The van der Waals surface area contributed by atoms with Gasteiger partial charge in [0.15, 0.2) is 0 Å². The van der Waals surface area contributed by atoms with Crippen molar-refractivity contribution in [2.45, 2.75) is 120 Å². The van der Waals surface area contributed by atoms with Crippen LogP contribution in [0.1, 0.15) is 76.3 Å². The molecular weight excluding hydrogens is 959 g/mol. The molecule has 14 N–H and O–H groups in total. The molecule has 2 aromatic carbocycles. The van der Waals surface area contributed by atoms with Crippen molar-refractivity contribution in [1.29, 1.82) is 0 Å². The lowest BCUT2D eigenvalue weighted by Gasteiger charge is -2.31. The first-order valence-electron chi connectivity index (χ1n) is 23.6. The number of likely N-dealkylation sites (tertiary alicyclic amines) is 1. The highest BCUT2D eigenvalue weighted by Gasteiger charge is 2.40. The number of carbonyl (C=O) groups is 10. The summed E-state index contributed by atoms with van der Waals surface area (Å²) in [6.07, 6.45) is 0.962. The number of amides is 10. The fourth-order valence-corrected chi connectivity index (χ4v) is 10.1. The number of phenols is 1. The second-order valence-corrected chi connectivity index (χ2v) is 20.4. The predicted molar refractivity (Wildman–Crippen MR) is 266 cm³/mol. The van der Waals surface area contributed by atoms with Gasteiger partial charge in [-0.15, -0.1) is 0 Å². The number of aromatic hydroxyl groups is 1. The summed E-state index contributed by atoms with van der Waals surface area (Å²) in [4.78, 5) is 137. The Morgan fingerprint density at radius 3 is 2.00 bits per heavy atom. The van der Waals surface area contributed by atoms with Crippen LogP contribution in [0.25, 0.3) is 0 Å². The minimum Gasteiger partial charge on any atom is -0.508 e. The van der Waals surface area contributed by atoms with Gasteiger partial charge in [0.2, 0.25) is 59.1 Å². The van der Waals surface area contributed by atoms with Crippen molar-refractivity contribution in [1.82, 2.24) is 42.1 Å². The molecule has 0 saturated carbocycles. The topological polar surface area (TPSA) is 356 Å². The zero-order chi connectivity index (χ0) is 52.0. The lowest BCUT2D eigenvalue weighted by Crippen LogP contribution is -2.61. The molecule has 22 nitrogen and oxygen atoms in total. The lowest BCUT2D eigenvalue weighted by atomic mass is 9.99. The summed E-state index contributed by atoms with van der Waals surface area (Å²) >= 11 is 0. The van der Waals surface area contributed by atoms with E-state index < -0.39 is 114 Å². The zero-order valence-corrected chi connectivity index (χ0v) is 41.6. The number of hydrogen-bond donors (Lipinski definition) is 11. The quantitative estimate of drug-likeness (QED) is 0.0599. The molecule has 0 bridgehead atoms. The molecule has 0 aromatic heterocycles. The van der Waals surface area contributed by atoms with E-state index in [-0.39, 0.29) is 68.2 Å². The standard InChI is InChI=1S/C47H67N11O11S2/c1-27(2)21-32-42(64)56-35(24-38(49)60)45(67)57-36(47(69)58-19-8-12-37(58)46(68)53-31(11-6-7-18-48)41(63)51-25-39(50)61)26-71-70-20-17-40(62)52-33(23-29-13-15-30(59)16-14-29)43(65)55-34(44(66)54-32)22-28-9-4-3-5-10-28/h3-5,9-10,13-16,27,31-37,59H,6-8,11-12,17-26,48H2,1-2H3,(H2,49,60)(H2,50,61)(H,51,63)(H,52,62)(H,53,68)(H,54,66)(H,55,65)(H,56,64)(H,57,67)/t31-,32-,33?,34-,35?,36?,37-/m0/s1. The van der Waals surface area contributed by atoms with Crippen molar-refractivity contribution in [2.75, 3.05) is 31.1 Å². The van der Waals surface area contributed by atoms with Crippen LogP contribution in [-0.2, 0) is 60.8 Å². The average Bonchev–Trinajstić information content (AvgIpc) is 3.82. The van der Waals surface area contributed by atoms with Gasteiger partial charge in [-0.25, -0.2) is 0 Å². The van der Waals surface area contributed by atoms with Crippen molar-refractivity contribution in [3.8, 4) is 5.75 Å². The minimum atomic E-state index is -1.64. The number of nitrogens with two attached hydrogens (primary N) is 3. The number of hydrogen-bond acceptors (Lipinski definition) is 14. The Kier molecular flexibility index (Phi) is 23.4. The highest BCUT2D eigenvalue weighted by molar-refractivity contribution is 8.76. The van der Waals surface area contributed by atoms with Crippen LogP contribution < -0.4 is 54.4 Å². The minimum absolute atomic E-state index is 0.00810. The molecule has 388 valence electrons. The van der Waals surface area contributed by atoms with Gasteiger partial charge in [0.1, 0.15) is 48.0 Å². The second kappa shape index (κ2) is 29.1. The van der Waals surface area contributed by atoms with Gasteiger partial charge in [-0.05, 0) is 74.2 Å². The van der Waals surface area contributed by atoms with E-state index in [1.54, 1.807) is 56.3 Å². The second-order valence-electron chi connectivity index (χ2n) is 17.8. The summed E-state index contributed by atoms with van der Waals surface area (Å²) in [6.45, 7) is 3.55. The molecule has 0 aliphatic carbocycles. The zero-order valence-electron chi connectivity index (χ0n) is 39.9. The Morgan fingerprint density at radius 2 is 1.37 bits per heavy atom. The Balaban J connectivity index is 1.67. The molecule has 4 rings (SSSR count). The maximum Gasteiger partial charge on any atom is 0.246 e. The van der Waals surface area contributed by atoms with Crippen LogP contribution in [0.2, 0.25) is 0 Å². The highest BCUT2D eigenvalue weighted by Crippen LogP contribution is 2.26. The Hall–Kier alpha value is -6.40. The fourth-order valence-electron chi connectivity index (χ4n) is 7.92. The third kappa shape index (κ3) is 19.4. The van der Waals surface area contributed by atoms with Crippen LogP contribution in [0, 0.1) is 5.92 Å². The van der Waals surface area contributed by atoms with E-state index in [1.165, 1.54) is 27.8 Å². The molecule has 7 atom stereocenters. The molecular formula is C47H67N11O11S2. The van der Waals surface area contributed by atoms with Gasteiger partial charge < -0.3 is 64.4 Å². The van der Waals surface area contributed by atoms with Crippen molar-refractivity contribution in [3.63, 3.8) is 0 Å². The average molecular weight is 1030 g/mol. The number of carbonyl (C=O) groups excluding carboxylic acids is 10. The monoisotopic (exact) mass is 1030 g/mol. The molecule has 3 unspecified atom stereocenters. The summed E-state index contributed by atoms with van der Waals surface area (Å²) in [5.41, 5.74) is 17.7.